The van der Waals surface area contributed by atoms with Gasteiger partial charge in [0.2, 0.25) is 0 Å². The van der Waals surface area contributed by atoms with Gasteiger partial charge in [0.1, 0.15) is 16.7 Å². The van der Waals surface area contributed by atoms with E-state index in [2.05, 4.69) is 125 Å². The number of hydrogen-bond donors (Lipinski definition) is 0. The van der Waals surface area contributed by atoms with Gasteiger partial charge in [-0.25, -0.2) is 0 Å². The van der Waals surface area contributed by atoms with Crippen LogP contribution in [0.1, 0.15) is 0 Å². The van der Waals surface area contributed by atoms with Gasteiger partial charge in [0, 0.05) is 38.7 Å². The molecular weight excluding hydrogens is 566 g/mol. The minimum atomic E-state index is 0.493. The molecule has 5 nitrogen and oxygen atoms in total. The maximum Gasteiger partial charge on any atom is 0.307 e. The Morgan fingerprint density at radius 3 is 2.07 bits per heavy atom. The number of furan rings is 1. The molecule has 0 aliphatic heterocycles. The number of oxazole rings is 1. The minimum absolute atomic E-state index is 0.493. The van der Waals surface area contributed by atoms with Crippen molar-refractivity contribution < 1.29 is 8.83 Å². The van der Waals surface area contributed by atoms with Crippen LogP contribution in [0, 0.1) is 0 Å². The van der Waals surface area contributed by atoms with E-state index in [9.17, 15) is 0 Å². The van der Waals surface area contributed by atoms with Crippen LogP contribution in [0.25, 0.3) is 71.3 Å². The Kier molecular flexibility index (Phi) is 5.22. The lowest BCUT2D eigenvalue weighted by atomic mass is 10.1. The Morgan fingerprint density at radius 2 is 1.15 bits per heavy atom. The van der Waals surface area contributed by atoms with Crippen LogP contribution in [0.4, 0.5) is 17.4 Å². The molecule has 5 heteroatoms. The SMILES string of the molecule is c1ccc(-n2c3ccccc3c3cc(N(c4ccc5c(c4)oc4ccccc45)c4nc5c(ccc6ccccc65)o4)ccc32)cc1. The van der Waals surface area contributed by atoms with Crippen LogP contribution in [-0.4, -0.2) is 9.55 Å². The fraction of sp³-hybridized carbons (Fsp3) is 0. The maximum absolute atomic E-state index is 6.57. The largest absolute Gasteiger partial charge is 0.456 e. The highest BCUT2D eigenvalue weighted by Gasteiger charge is 2.23. The summed E-state index contributed by atoms with van der Waals surface area (Å²) in [6, 6.07) is 53.0. The van der Waals surface area contributed by atoms with Crippen molar-refractivity contribution in [2.75, 3.05) is 4.90 Å². The number of hydrogen-bond acceptors (Lipinski definition) is 4. The second-order valence-electron chi connectivity index (χ2n) is 11.6. The molecule has 0 saturated heterocycles. The first-order chi connectivity index (χ1) is 22.8. The summed E-state index contributed by atoms with van der Waals surface area (Å²) < 4.78 is 15.2. The summed E-state index contributed by atoms with van der Waals surface area (Å²) in [5.74, 6) is 0. The number of aromatic nitrogens is 2. The molecule has 7 aromatic carbocycles. The van der Waals surface area contributed by atoms with Gasteiger partial charge < -0.3 is 13.4 Å². The molecule has 0 spiro atoms. The first-order valence-electron chi connectivity index (χ1n) is 15.4. The van der Waals surface area contributed by atoms with E-state index in [1.54, 1.807) is 0 Å². The molecule has 3 aromatic heterocycles. The highest BCUT2D eigenvalue weighted by Crippen LogP contribution is 2.42. The Morgan fingerprint density at radius 1 is 0.457 bits per heavy atom. The zero-order chi connectivity index (χ0) is 30.2. The van der Waals surface area contributed by atoms with Gasteiger partial charge in [-0.05, 0) is 66.0 Å². The van der Waals surface area contributed by atoms with Crippen molar-refractivity contribution in [3.05, 3.63) is 152 Å². The van der Waals surface area contributed by atoms with E-state index in [0.717, 1.165) is 77.3 Å². The summed E-state index contributed by atoms with van der Waals surface area (Å²) in [6.45, 7) is 0. The van der Waals surface area contributed by atoms with Crippen molar-refractivity contribution in [3.8, 4) is 5.69 Å². The normalized spacial score (nSPS) is 11.9. The van der Waals surface area contributed by atoms with Gasteiger partial charge in [-0.15, -0.1) is 0 Å². The van der Waals surface area contributed by atoms with Gasteiger partial charge in [0.05, 0.1) is 22.4 Å². The Balaban J connectivity index is 1.24. The summed E-state index contributed by atoms with van der Waals surface area (Å²) in [6.07, 6.45) is 0. The molecule has 0 unspecified atom stereocenters. The fourth-order valence-corrected chi connectivity index (χ4v) is 6.92. The van der Waals surface area contributed by atoms with Crippen LogP contribution in [0.15, 0.2) is 160 Å². The predicted molar refractivity (Wildman–Crippen MR) is 188 cm³/mol. The van der Waals surface area contributed by atoms with Gasteiger partial charge in [-0.2, -0.15) is 4.98 Å². The zero-order valence-corrected chi connectivity index (χ0v) is 24.6. The van der Waals surface area contributed by atoms with E-state index in [0.29, 0.717) is 6.01 Å². The van der Waals surface area contributed by atoms with Crippen LogP contribution in [-0.2, 0) is 0 Å². The second kappa shape index (κ2) is 9.58. The van der Waals surface area contributed by atoms with Gasteiger partial charge >= 0.3 is 6.01 Å². The van der Waals surface area contributed by atoms with Gasteiger partial charge in [-0.3, -0.25) is 4.90 Å². The summed E-state index contributed by atoms with van der Waals surface area (Å²) in [4.78, 5) is 7.23. The maximum atomic E-state index is 6.57. The summed E-state index contributed by atoms with van der Waals surface area (Å²) in [5.41, 5.74) is 8.51. The Labute approximate surface area is 263 Å². The number of rotatable bonds is 4. The Hall–Kier alpha value is -6.33. The van der Waals surface area contributed by atoms with Gasteiger partial charge in [-0.1, -0.05) is 84.9 Å². The molecule has 0 fully saturated rings. The molecule has 46 heavy (non-hydrogen) atoms. The van der Waals surface area contributed by atoms with E-state index in [1.165, 1.54) is 5.39 Å². The lowest BCUT2D eigenvalue weighted by Gasteiger charge is -2.21. The van der Waals surface area contributed by atoms with Gasteiger partial charge in [0.25, 0.3) is 0 Å². The number of anilines is 3. The smallest absolute Gasteiger partial charge is 0.307 e. The van der Waals surface area contributed by atoms with E-state index < -0.39 is 0 Å². The second-order valence-corrected chi connectivity index (χ2v) is 11.6. The van der Waals surface area contributed by atoms with Crippen LogP contribution in [0.3, 0.4) is 0 Å². The quantitative estimate of drug-likeness (QED) is 0.204. The van der Waals surface area contributed by atoms with Crippen molar-refractivity contribution in [2.45, 2.75) is 0 Å². The highest BCUT2D eigenvalue weighted by molar-refractivity contribution is 6.11. The molecule has 216 valence electrons. The minimum Gasteiger partial charge on any atom is -0.456 e. The summed E-state index contributed by atoms with van der Waals surface area (Å²) >= 11 is 0. The molecular formula is C41H25N3O2. The first-order valence-corrected chi connectivity index (χ1v) is 15.4. The monoisotopic (exact) mass is 591 g/mol. The lowest BCUT2D eigenvalue weighted by Crippen LogP contribution is -2.10. The van der Waals surface area contributed by atoms with E-state index in [4.69, 9.17) is 13.8 Å². The number of nitrogens with zero attached hydrogens (tertiary/aromatic N) is 3. The van der Waals surface area contributed by atoms with Crippen LogP contribution >= 0.6 is 0 Å². The molecule has 0 saturated carbocycles. The number of para-hydroxylation sites is 3. The van der Waals surface area contributed by atoms with E-state index >= 15 is 0 Å². The first kappa shape index (κ1) is 25.0. The molecule has 10 aromatic rings. The van der Waals surface area contributed by atoms with Crippen molar-refractivity contribution in [3.63, 3.8) is 0 Å². The molecule has 10 rings (SSSR count). The third-order valence-electron chi connectivity index (χ3n) is 9.01. The number of benzene rings is 7. The van der Waals surface area contributed by atoms with Gasteiger partial charge in [0.15, 0.2) is 5.58 Å². The molecule has 0 aliphatic rings. The lowest BCUT2D eigenvalue weighted by molar-refractivity contribution is 0.608. The predicted octanol–water partition coefficient (Wildman–Crippen LogP) is 11.4. The molecule has 0 N–H and O–H groups in total. The third-order valence-corrected chi connectivity index (χ3v) is 9.01. The molecule has 0 bridgehead atoms. The van der Waals surface area contributed by atoms with Crippen LogP contribution in [0.2, 0.25) is 0 Å². The Bertz CT molecular complexity index is 2770. The average molecular weight is 592 g/mol. The van der Waals surface area contributed by atoms with E-state index in [1.807, 2.05) is 36.4 Å². The summed E-state index contributed by atoms with van der Waals surface area (Å²) in [7, 11) is 0. The molecule has 3 heterocycles. The van der Waals surface area contributed by atoms with Crippen molar-refractivity contribution >= 4 is 83.0 Å². The molecule has 0 amide bonds. The average Bonchev–Trinajstić information content (AvgIpc) is 3.80. The topological polar surface area (TPSA) is 47.3 Å². The summed E-state index contributed by atoms with van der Waals surface area (Å²) in [5, 5.41) is 6.68. The van der Waals surface area contributed by atoms with E-state index in [-0.39, 0.29) is 0 Å². The van der Waals surface area contributed by atoms with Crippen LogP contribution in [0.5, 0.6) is 0 Å². The van der Waals surface area contributed by atoms with Crippen LogP contribution < -0.4 is 4.90 Å². The molecule has 0 atom stereocenters. The van der Waals surface area contributed by atoms with Crippen molar-refractivity contribution in [1.29, 1.82) is 0 Å². The number of fused-ring (bicyclic) bond motifs is 9. The third kappa shape index (κ3) is 3.66. The standard InChI is InChI=1S/C41H25N3O2/c1-2-11-27(12-3-1)44-35-16-8-6-14-31(35)34-24-28(20-22-36(34)44)43(29-19-21-33-32-15-7-9-17-37(32)45-39(33)25-29)41-42-40-30-13-5-4-10-26(30)18-23-38(40)46-41/h1-25H. The van der Waals surface area contributed by atoms with Crippen molar-refractivity contribution in [2.24, 2.45) is 0 Å². The zero-order valence-electron chi connectivity index (χ0n) is 24.6. The fourth-order valence-electron chi connectivity index (χ4n) is 6.92. The van der Waals surface area contributed by atoms with Crippen molar-refractivity contribution in [1.82, 2.24) is 9.55 Å². The highest BCUT2D eigenvalue weighted by atomic mass is 16.4. The molecule has 0 radical (unpaired) electrons. The molecule has 0 aliphatic carbocycles.